The van der Waals surface area contributed by atoms with Crippen LogP contribution < -0.4 is 10.2 Å². The smallest absolute Gasteiger partial charge is 0.274 e. The van der Waals surface area contributed by atoms with Gasteiger partial charge in [0.15, 0.2) is 5.78 Å². The number of carbonyl (C=O) groups is 2. The molecule has 0 bridgehead atoms. The quantitative estimate of drug-likeness (QED) is 0.853. The van der Waals surface area contributed by atoms with Crippen molar-refractivity contribution in [1.82, 2.24) is 9.97 Å². The highest BCUT2D eigenvalue weighted by Crippen LogP contribution is 2.22. The standard InChI is InChI=1S/C20H24N4O2/c1-13-5-4-10-24(12-13)19-11-18(21-15(3)22-19)20(26)23-17-8-6-16(7-9-17)14(2)25/h6-9,11,13H,4-5,10,12H2,1-3H3,(H,23,26). The molecule has 26 heavy (non-hydrogen) atoms. The second-order valence-electron chi connectivity index (χ2n) is 6.94. The van der Waals surface area contributed by atoms with Gasteiger partial charge in [-0.3, -0.25) is 9.59 Å². The Morgan fingerprint density at radius 2 is 1.92 bits per heavy atom. The number of Topliss-reactive ketones (excluding diaryl/α,β-unsaturated/α-hetero) is 1. The van der Waals surface area contributed by atoms with Crippen LogP contribution in [0.5, 0.6) is 0 Å². The van der Waals surface area contributed by atoms with E-state index in [2.05, 4.69) is 27.1 Å². The molecule has 0 spiro atoms. The second-order valence-corrected chi connectivity index (χ2v) is 6.94. The van der Waals surface area contributed by atoms with Crippen molar-refractivity contribution in [3.05, 3.63) is 47.4 Å². The van der Waals surface area contributed by atoms with Crippen LogP contribution in [0, 0.1) is 12.8 Å². The molecular formula is C20H24N4O2. The van der Waals surface area contributed by atoms with Gasteiger partial charge in [-0.1, -0.05) is 6.92 Å². The lowest BCUT2D eigenvalue weighted by atomic mass is 10.0. The number of amides is 1. The summed E-state index contributed by atoms with van der Waals surface area (Å²) in [7, 11) is 0. The zero-order valence-electron chi connectivity index (χ0n) is 15.5. The van der Waals surface area contributed by atoms with Gasteiger partial charge in [-0.2, -0.15) is 0 Å². The van der Waals surface area contributed by atoms with Crippen LogP contribution >= 0.6 is 0 Å². The van der Waals surface area contributed by atoms with Crippen molar-refractivity contribution >= 4 is 23.2 Å². The average molecular weight is 352 g/mol. The molecule has 1 fully saturated rings. The largest absolute Gasteiger partial charge is 0.356 e. The molecule has 1 aromatic heterocycles. The molecule has 3 rings (SSSR count). The zero-order chi connectivity index (χ0) is 18.7. The number of hydrogen-bond donors (Lipinski definition) is 1. The average Bonchev–Trinajstić information content (AvgIpc) is 2.61. The van der Waals surface area contributed by atoms with E-state index in [1.165, 1.54) is 13.3 Å². The van der Waals surface area contributed by atoms with Crippen LogP contribution in [0.15, 0.2) is 30.3 Å². The number of nitrogens with zero attached hydrogens (tertiary/aromatic N) is 3. The van der Waals surface area contributed by atoms with Crippen molar-refractivity contribution < 1.29 is 9.59 Å². The fraction of sp³-hybridized carbons (Fsp3) is 0.400. The van der Waals surface area contributed by atoms with Gasteiger partial charge in [-0.25, -0.2) is 9.97 Å². The Morgan fingerprint density at radius 3 is 2.58 bits per heavy atom. The van der Waals surface area contributed by atoms with Gasteiger partial charge in [0.2, 0.25) is 0 Å². The molecule has 1 atom stereocenters. The Hall–Kier alpha value is -2.76. The Labute approximate surface area is 153 Å². The van der Waals surface area contributed by atoms with Crippen LogP contribution in [0.3, 0.4) is 0 Å². The Morgan fingerprint density at radius 1 is 1.19 bits per heavy atom. The Kier molecular flexibility index (Phi) is 5.30. The van der Waals surface area contributed by atoms with Crippen molar-refractivity contribution in [2.75, 3.05) is 23.3 Å². The molecule has 2 aromatic rings. The molecule has 1 aromatic carbocycles. The van der Waals surface area contributed by atoms with Crippen LogP contribution in [0.4, 0.5) is 11.5 Å². The first-order valence-corrected chi connectivity index (χ1v) is 8.95. The third kappa shape index (κ3) is 4.25. The van der Waals surface area contributed by atoms with Gasteiger partial charge in [-0.05, 0) is 56.9 Å². The summed E-state index contributed by atoms with van der Waals surface area (Å²) in [4.78, 5) is 35.0. The van der Waals surface area contributed by atoms with Gasteiger partial charge in [0, 0.05) is 30.4 Å². The van der Waals surface area contributed by atoms with Gasteiger partial charge in [0.25, 0.3) is 5.91 Å². The maximum absolute atomic E-state index is 12.6. The molecule has 1 unspecified atom stereocenters. The predicted molar refractivity (Wildman–Crippen MR) is 102 cm³/mol. The Balaban J connectivity index is 1.77. The monoisotopic (exact) mass is 352 g/mol. The number of piperidine rings is 1. The molecule has 0 saturated carbocycles. The van der Waals surface area contributed by atoms with Gasteiger partial charge in [0.05, 0.1) is 0 Å². The summed E-state index contributed by atoms with van der Waals surface area (Å²) in [5.41, 5.74) is 1.59. The van der Waals surface area contributed by atoms with Gasteiger partial charge in [-0.15, -0.1) is 0 Å². The maximum atomic E-state index is 12.6. The van der Waals surface area contributed by atoms with Gasteiger partial charge in [0.1, 0.15) is 17.3 Å². The second kappa shape index (κ2) is 7.64. The highest BCUT2D eigenvalue weighted by Gasteiger charge is 2.20. The number of ketones is 1. The fourth-order valence-corrected chi connectivity index (χ4v) is 3.21. The molecular weight excluding hydrogens is 328 g/mol. The number of aromatic nitrogens is 2. The van der Waals surface area contributed by atoms with Crippen molar-refractivity contribution in [3.8, 4) is 0 Å². The van der Waals surface area contributed by atoms with Crippen LogP contribution in [0.1, 0.15) is 53.4 Å². The third-order valence-corrected chi connectivity index (χ3v) is 4.59. The van der Waals surface area contributed by atoms with E-state index in [4.69, 9.17) is 0 Å². The third-order valence-electron chi connectivity index (χ3n) is 4.59. The topological polar surface area (TPSA) is 75.2 Å². The summed E-state index contributed by atoms with van der Waals surface area (Å²) in [6.45, 7) is 7.45. The van der Waals surface area contributed by atoms with Crippen LogP contribution in [0.25, 0.3) is 0 Å². The molecule has 6 nitrogen and oxygen atoms in total. The van der Waals surface area contributed by atoms with E-state index >= 15 is 0 Å². The van der Waals surface area contributed by atoms with Crippen LogP contribution in [-0.2, 0) is 0 Å². The summed E-state index contributed by atoms with van der Waals surface area (Å²) in [6.07, 6.45) is 2.36. The van der Waals surface area contributed by atoms with Crippen molar-refractivity contribution in [2.24, 2.45) is 5.92 Å². The summed E-state index contributed by atoms with van der Waals surface area (Å²) in [5, 5.41) is 2.83. The highest BCUT2D eigenvalue weighted by molar-refractivity contribution is 6.03. The van der Waals surface area contributed by atoms with Crippen molar-refractivity contribution in [1.29, 1.82) is 0 Å². The summed E-state index contributed by atoms with van der Waals surface area (Å²) >= 11 is 0. The molecule has 0 aliphatic carbocycles. The van der Waals surface area contributed by atoms with Crippen molar-refractivity contribution in [3.63, 3.8) is 0 Å². The molecule has 1 aliphatic heterocycles. The molecule has 6 heteroatoms. The van der Waals surface area contributed by atoms with E-state index in [0.29, 0.717) is 28.7 Å². The highest BCUT2D eigenvalue weighted by atomic mass is 16.2. The lowest BCUT2D eigenvalue weighted by molar-refractivity contribution is 0.101. The van der Waals surface area contributed by atoms with Crippen LogP contribution in [-0.4, -0.2) is 34.7 Å². The lowest BCUT2D eigenvalue weighted by Crippen LogP contribution is -2.35. The van der Waals surface area contributed by atoms with E-state index in [9.17, 15) is 9.59 Å². The molecule has 2 heterocycles. The first kappa shape index (κ1) is 18.0. The minimum Gasteiger partial charge on any atom is -0.356 e. The van der Waals surface area contributed by atoms with E-state index in [1.54, 1.807) is 37.3 Å². The number of anilines is 2. The number of carbonyl (C=O) groups excluding carboxylic acids is 2. The first-order valence-electron chi connectivity index (χ1n) is 8.95. The summed E-state index contributed by atoms with van der Waals surface area (Å²) in [5.74, 6) is 1.72. The molecule has 136 valence electrons. The number of benzene rings is 1. The fourth-order valence-electron chi connectivity index (χ4n) is 3.21. The predicted octanol–water partition coefficient (Wildman–Crippen LogP) is 3.48. The van der Waals surface area contributed by atoms with E-state index < -0.39 is 0 Å². The molecule has 1 amide bonds. The van der Waals surface area contributed by atoms with Crippen molar-refractivity contribution in [2.45, 2.75) is 33.6 Å². The Bertz CT molecular complexity index is 817. The zero-order valence-corrected chi connectivity index (χ0v) is 15.5. The molecule has 1 saturated heterocycles. The number of rotatable bonds is 4. The molecule has 1 N–H and O–H groups in total. The van der Waals surface area contributed by atoms with E-state index in [-0.39, 0.29) is 11.7 Å². The SMILES string of the molecule is CC(=O)c1ccc(NC(=O)c2cc(N3CCCC(C)C3)nc(C)n2)cc1. The first-order chi connectivity index (χ1) is 12.4. The van der Waals surface area contributed by atoms with Gasteiger partial charge >= 0.3 is 0 Å². The number of nitrogens with one attached hydrogen (secondary N) is 1. The van der Waals surface area contributed by atoms with E-state index in [1.807, 2.05) is 0 Å². The van der Waals surface area contributed by atoms with Gasteiger partial charge < -0.3 is 10.2 Å². The van der Waals surface area contributed by atoms with E-state index in [0.717, 1.165) is 25.3 Å². The minimum absolute atomic E-state index is 0.00490. The number of aryl methyl sites for hydroxylation is 1. The maximum Gasteiger partial charge on any atom is 0.274 e. The van der Waals surface area contributed by atoms with Crippen LogP contribution in [0.2, 0.25) is 0 Å². The lowest BCUT2D eigenvalue weighted by Gasteiger charge is -2.32. The molecule has 0 radical (unpaired) electrons. The minimum atomic E-state index is -0.280. The molecule has 1 aliphatic rings. The number of hydrogen-bond acceptors (Lipinski definition) is 5. The summed E-state index contributed by atoms with van der Waals surface area (Å²) < 4.78 is 0. The normalized spacial score (nSPS) is 17.0. The summed E-state index contributed by atoms with van der Waals surface area (Å²) in [6, 6.07) is 8.59.